The molecule has 0 spiro atoms. The number of benzene rings is 2. The first-order chi connectivity index (χ1) is 12.0. The lowest BCUT2D eigenvalue weighted by Gasteiger charge is -2.41. The van der Waals surface area contributed by atoms with E-state index in [4.69, 9.17) is 4.74 Å². The van der Waals surface area contributed by atoms with Crippen LogP contribution in [0.1, 0.15) is 12.5 Å². The topological polar surface area (TPSA) is 32.8 Å². The van der Waals surface area contributed by atoms with Crippen LogP contribution in [-0.4, -0.2) is 43.1 Å². The molecule has 0 aromatic heterocycles. The third-order valence-electron chi connectivity index (χ3n) is 4.50. The summed E-state index contributed by atoms with van der Waals surface area (Å²) in [5.74, 6) is -0.450. The van der Waals surface area contributed by atoms with E-state index in [1.54, 1.807) is 17.0 Å². The standard InChI is InChI=1S/C20H23FN2O2/c1-15-6-5-7-17(12-15)23-11-10-22(13-16(23)2)20(24)14-25-19-9-4-3-8-18(19)21/h3-9,12,16H,10-11,13-14H2,1-2H3/t16-/m1/s1. The number of carbonyl (C=O) groups excluding carboxylic acids is 1. The maximum absolute atomic E-state index is 13.6. The number of piperazine rings is 1. The van der Waals surface area contributed by atoms with Gasteiger partial charge in [-0.3, -0.25) is 4.79 Å². The summed E-state index contributed by atoms with van der Waals surface area (Å²) >= 11 is 0. The molecule has 0 aliphatic carbocycles. The van der Waals surface area contributed by atoms with Gasteiger partial charge >= 0.3 is 0 Å². The Morgan fingerprint density at radius 2 is 2.00 bits per heavy atom. The normalized spacial score (nSPS) is 17.5. The van der Waals surface area contributed by atoms with Crippen LogP contribution in [0.2, 0.25) is 0 Å². The second kappa shape index (κ2) is 7.55. The van der Waals surface area contributed by atoms with Crippen LogP contribution in [0.15, 0.2) is 48.5 Å². The van der Waals surface area contributed by atoms with Crippen molar-refractivity contribution >= 4 is 11.6 Å². The number of nitrogens with zero attached hydrogens (tertiary/aromatic N) is 2. The Kier molecular flexibility index (Phi) is 5.22. The van der Waals surface area contributed by atoms with E-state index in [9.17, 15) is 9.18 Å². The monoisotopic (exact) mass is 342 g/mol. The van der Waals surface area contributed by atoms with Gasteiger partial charge in [0.1, 0.15) is 0 Å². The molecule has 1 fully saturated rings. The Balaban J connectivity index is 1.57. The summed E-state index contributed by atoms with van der Waals surface area (Å²) in [5, 5.41) is 0. The Morgan fingerprint density at radius 1 is 1.20 bits per heavy atom. The van der Waals surface area contributed by atoms with E-state index < -0.39 is 5.82 Å². The summed E-state index contributed by atoms with van der Waals surface area (Å²) in [5.41, 5.74) is 2.41. The van der Waals surface area contributed by atoms with Crippen LogP contribution in [-0.2, 0) is 4.79 Å². The van der Waals surface area contributed by atoms with Crippen molar-refractivity contribution in [2.45, 2.75) is 19.9 Å². The molecular formula is C20H23FN2O2. The molecule has 4 nitrogen and oxygen atoms in total. The number of ether oxygens (including phenoxy) is 1. The lowest BCUT2D eigenvalue weighted by atomic mass is 10.1. The van der Waals surface area contributed by atoms with Gasteiger partial charge in [0, 0.05) is 31.4 Å². The fourth-order valence-electron chi connectivity index (χ4n) is 3.17. The molecule has 0 N–H and O–H groups in total. The minimum absolute atomic E-state index is 0.112. The number of hydrogen-bond acceptors (Lipinski definition) is 3. The molecule has 1 heterocycles. The molecule has 1 atom stereocenters. The maximum atomic E-state index is 13.6. The smallest absolute Gasteiger partial charge is 0.260 e. The average Bonchev–Trinajstić information content (AvgIpc) is 2.60. The van der Waals surface area contributed by atoms with Crippen molar-refractivity contribution in [2.75, 3.05) is 31.1 Å². The first kappa shape index (κ1) is 17.3. The van der Waals surface area contributed by atoms with Gasteiger partial charge in [-0.05, 0) is 43.7 Å². The number of aryl methyl sites for hydroxylation is 1. The van der Waals surface area contributed by atoms with Crippen molar-refractivity contribution in [3.05, 3.63) is 59.9 Å². The molecule has 0 saturated carbocycles. The summed E-state index contributed by atoms with van der Waals surface area (Å²) in [6, 6.07) is 14.7. The Bertz CT molecular complexity index is 750. The Labute approximate surface area is 147 Å². The van der Waals surface area contributed by atoms with Gasteiger partial charge in [-0.15, -0.1) is 0 Å². The van der Waals surface area contributed by atoms with Gasteiger partial charge < -0.3 is 14.5 Å². The summed E-state index contributed by atoms with van der Waals surface area (Å²) < 4.78 is 18.9. The van der Waals surface area contributed by atoms with Gasteiger partial charge in [-0.2, -0.15) is 0 Å². The van der Waals surface area contributed by atoms with E-state index in [0.29, 0.717) is 13.1 Å². The van der Waals surface area contributed by atoms with Crippen molar-refractivity contribution in [1.29, 1.82) is 0 Å². The molecule has 3 rings (SSSR count). The fraction of sp³-hybridized carbons (Fsp3) is 0.350. The van der Waals surface area contributed by atoms with Gasteiger partial charge in [0.25, 0.3) is 5.91 Å². The van der Waals surface area contributed by atoms with E-state index in [1.165, 1.54) is 23.4 Å². The lowest BCUT2D eigenvalue weighted by molar-refractivity contribution is -0.134. The number of para-hydroxylation sites is 1. The van der Waals surface area contributed by atoms with Crippen molar-refractivity contribution < 1.29 is 13.9 Å². The summed E-state index contributed by atoms with van der Waals surface area (Å²) in [6.07, 6.45) is 0. The van der Waals surface area contributed by atoms with E-state index in [2.05, 4.69) is 43.0 Å². The number of anilines is 1. The van der Waals surface area contributed by atoms with Crippen LogP contribution in [0.4, 0.5) is 10.1 Å². The van der Waals surface area contributed by atoms with Crippen LogP contribution in [0.5, 0.6) is 5.75 Å². The van der Waals surface area contributed by atoms with Crippen molar-refractivity contribution in [3.63, 3.8) is 0 Å². The highest BCUT2D eigenvalue weighted by Crippen LogP contribution is 2.22. The van der Waals surface area contributed by atoms with Crippen LogP contribution >= 0.6 is 0 Å². The SMILES string of the molecule is Cc1cccc(N2CCN(C(=O)COc3ccccc3F)C[C@H]2C)c1. The number of hydrogen-bond donors (Lipinski definition) is 0. The third kappa shape index (κ3) is 4.10. The van der Waals surface area contributed by atoms with Gasteiger partial charge in [0.2, 0.25) is 0 Å². The summed E-state index contributed by atoms with van der Waals surface area (Å²) in [4.78, 5) is 16.5. The number of carbonyl (C=O) groups is 1. The Morgan fingerprint density at radius 3 is 2.72 bits per heavy atom. The van der Waals surface area contributed by atoms with E-state index in [-0.39, 0.29) is 24.3 Å². The lowest BCUT2D eigenvalue weighted by Crippen LogP contribution is -2.54. The molecule has 2 aromatic rings. The second-order valence-corrected chi connectivity index (χ2v) is 6.44. The molecule has 132 valence electrons. The largest absolute Gasteiger partial charge is 0.481 e. The molecule has 2 aromatic carbocycles. The fourth-order valence-corrected chi connectivity index (χ4v) is 3.17. The predicted molar refractivity (Wildman–Crippen MR) is 96.5 cm³/mol. The maximum Gasteiger partial charge on any atom is 0.260 e. The zero-order chi connectivity index (χ0) is 17.8. The highest BCUT2D eigenvalue weighted by molar-refractivity contribution is 5.78. The van der Waals surface area contributed by atoms with Crippen molar-refractivity contribution in [3.8, 4) is 5.75 Å². The van der Waals surface area contributed by atoms with Crippen LogP contribution in [0, 0.1) is 12.7 Å². The highest BCUT2D eigenvalue weighted by Gasteiger charge is 2.27. The number of rotatable bonds is 4. The van der Waals surface area contributed by atoms with Crippen LogP contribution in [0.3, 0.4) is 0 Å². The second-order valence-electron chi connectivity index (χ2n) is 6.44. The molecule has 0 unspecified atom stereocenters. The minimum atomic E-state index is -0.451. The van der Waals surface area contributed by atoms with Gasteiger partial charge in [-0.1, -0.05) is 24.3 Å². The molecule has 1 amide bonds. The molecule has 1 saturated heterocycles. The number of halogens is 1. The van der Waals surface area contributed by atoms with Crippen molar-refractivity contribution in [2.24, 2.45) is 0 Å². The van der Waals surface area contributed by atoms with E-state index >= 15 is 0 Å². The van der Waals surface area contributed by atoms with Gasteiger partial charge in [0.15, 0.2) is 18.2 Å². The summed E-state index contributed by atoms with van der Waals surface area (Å²) in [7, 11) is 0. The zero-order valence-electron chi connectivity index (χ0n) is 14.6. The van der Waals surface area contributed by atoms with Crippen LogP contribution < -0.4 is 9.64 Å². The van der Waals surface area contributed by atoms with E-state index in [0.717, 1.165) is 6.54 Å². The number of amides is 1. The van der Waals surface area contributed by atoms with Crippen LogP contribution in [0.25, 0.3) is 0 Å². The van der Waals surface area contributed by atoms with Gasteiger partial charge in [-0.25, -0.2) is 4.39 Å². The predicted octanol–water partition coefficient (Wildman–Crippen LogP) is 3.25. The molecule has 0 radical (unpaired) electrons. The molecular weight excluding hydrogens is 319 g/mol. The molecule has 1 aliphatic rings. The zero-order valence-corrected chi connectivity index (χ0v) is 14.6. The highest BCUT2D eigenvalue weighted by atomic mass is 19.1. The molecule has 25 heavy (non-hydrogen) atoms. The molecule has 1 aliphatic heterocycles. The summed E-state index contributed by atoms with van der Waals surface area (Å²) in [6.45, 7) is 6.09. The Hall–Kier alpha value is -2.56. The average molecular weight is 342 g/mol. The first-order valence-electron chi connectivity index (χ1n) is 8.53. The molecule has 5 heteroatoms. The minimum Gasteiger partial charge on any atom is -0.481 e. The van der Waals surface area contributed by atoms with E-state index in [1.807, 2.05) is 0 Å². The molecule has 0 bridgehead atoms. The third-order valence-corrected chi connectivity index (χ3v) is 4.50. The van der Waals surface area contributed by atoms with Gasteiger partial charge in [0.05, 0.1) is 0 Å². The van der Waals surface area contributed by atoms with Crippen molar-refractivity contribution in [1.82, 2.24) is 4.90 Å². The quantitative estimate of drug-likeness (QED) is 0.855. The first-order valence-corrected chi connectivity index (χ1v) is 8.53.